The minimum Gasteiger partial charge on any atom is -0.459 e. The first kappa shape index (κ1) is 52.9. The Kier molecular flexibility index (Phi) is 18.6. The molecule has 4 N–H and O–H groups in total. The molecule has 1 aromatic carbocycles. The second-order valence-corrected chi connectivity index (χ2v) is 19.2. The SMILES string of the molecule is CC[C@@H]1OC(=O)[C@H](C)[C@@H](O[C@H]2C[C@@](C)(OC)[C@@H](OC(C)=O)[C@H](C)O2)[C@H](C)[C@@H](O[C@@H]2O[C@H](C)C[C@H](N(C)C)[C@H]2O)C(C)(O)C[C@@H](C)/C(=N\OCCc2ccccc2)[C@@H](C)[C@@H](O)[C@]1(C)O. The maximum Gasteiger partial charge on any atom is 0.311 e. The van der Waals surface area contributed by atoms with Crippen molar-refractivity contribution in [1.29, 1.82) is 0 Å². The van der Waals surface area contributed by atoms with Gasteiger partial charge in [0, 0.05) is 50.7 Å². The Morgan fingerprint density at radius 2 is 1.59 bits per heavy atom. The lowest BCUT2D eigenvalue weighted by Crippen LogP contribution is -2.61. The molecule has 0 spiro atoms. The largest absolute Gasteiger partial charge is 0.459 e. The third-order valence-corrected chi connectivity index (χ3v) is 13.6. The molecule has 4 rings (SSSR count). The molecule has 0 aromatic heterocycles. The zero-order valence-electron chi connectivity index (χ0n) is 40.1. The standard InChI is InChI=1S/C47H78N2O14/c1-15-35-47(11,55)40(52)28(4)37(48-57-22-21-33-19-17-16-18-20-33)26(2)24-45(9,54)41(63-44-38(51)34(49(12)13)23-27(3)58-44)29(5)39(30(6)43(53)61-35)62-36-25-46(10,56-14)42(31(7)59-36)60-32(8)50/h16-20,26-31,34-36,38-42,44,51-52,54-55H,15,21-25H2,1-14H3/b48-37+/t26-,27-,28-,29+,30-,31+,34+,35+,36+,38-,39+,40-,41-,42+,44+,45?,46-,47-/m1/s1. The molecule has 3 fully saturated rings. The number of esters is 2. The molecule has 360 valence electrons. The molecule has 3 saturated heterocycles. The summed E-state index contributed by atoms with van der Waals surface area (Å²) in [6.45, 7) is 18.7. The van der Waals surface area contributed by atoms with Gasteiger partial charge in [-0.05, 0) is 80.5 Å². The summed E-state index contributed by atoms with van der Waals surface area (Å²) >= 11 is 0. The van der Waals surface area contributed by atoms with E-state index in [0.717, 1.165) is 5.56 Å². The van der Waals surface area contributed by atoms with Crippen molar-refractivity contribution in [2.75, 3.05) is 27.8 Å². The molecule has 1 aromatic rings. The minimum absolute atomic E-state index is 0.0108. The van der Waals surface area contributed by atoms with E-state index in [1.807, 2.05) is 63.2 Å². The number of cyclic esters (lactones) is 1. The second-order valence-electron chi connectivity index (χ2n) is 19.2. The number of aliphatic hydroxyl groups excluding tert-OH is 2. The van der Waals surface area contributed by atoms with Gasteiger partial charge in [0.2, 0.25) is 0 Å². The van der Waals surface area contributed by atoms with Crippen LogP contribution in [0.2, 0.25) is 0 Å². The number of hydrogen-bond donors (Lipinski definition) is 4. The fraction of sp³-hybridized carbons (Fsp3) is 0.809. The van der Waals surface area contributed by atoms with Crippen LogP contribution in [0.5, 0.6) is 0 Å². The molecule has 3 aliphatic rings. The highest BCUT2D eigenvalue weighted by Crippen LogP contribution is 2.41. The van der Waals surface area contributed by atoms with Crippen molar-refractivity contribution in [2.24, 2.45) is 28.8 Å². The van der Waals surface area contributed by atoms with Crippen LogP contribution < -0.4 is 0 Å². The predicted octanol–water partition coefficient (Wildman–Crippen LogP) is 4.40. The van der Waals surface area contributed by atoms with Gasteiger partial charge in [-0.1, -0.05) is 63.2 Å². The fourth-order valence-corrected chi connectivity index (χ4v) is 9.91. The number of aliphatic hydroxyl groups is 4. The van der Waals surface area contributed by atoms with Gasteiger partial charge in [-0.25, -0.2) is 0 Å². The lowest BCUT2D eigenvalue weighted by molar-refractivity contribution is -0.318. The van der Waals surface area contributed by atoms with Crippen LogP contribution in [0.4, 0.5) is 0 Å². The van der Waals surface area contributed by atoms with E-state index in [9.17, 15) is 30.0 Å². The quantitative estimate of drug-likeness (QED) is 0.131. The van der Waals surface area contributed by atoms with Gasteiger partial charge in [0.05, 0.1) is 47.8 Å². The molecule has 0 amide bonds. The van der Waals surface area contributed by atoms with E-state index >= 15 is 0 Å². The molecule has 0 aliphatic carbocycles. The number of hydrogen-bond acceptors (Lipinski definition) is 16. The molecule has 63 heavy (non-hydrogen) atoms. The fourth-order valence-electron chi connectivity index (χ4n) is 9.91. The number of ether oxygens (including phenoxy) is 7. The van der Waals surface area contributed by atoms with E-state index in [4.69, 9.17) is 38.0 Å². The number of oxime groups is 1. The van der Waals surface area contributed by atoms with Gasteiger partial charge in [-0.15, -0.1) is 0 Å². The van der Waals surface area contributed by atoms with Gasteiger partial charge in [-0.2, -0.15) is 0 Å². The van der Waals surface area contributed by atoms with Crippen LogP contribution in [0.25, 0.3) is 0 Å². The van der Waals surface area contributed by atoms with Crippen molar-refractivity contribution in [3.8, 4) is 0 Å². The smallest absolute Gasteiger partial charge is 0.311 e. The minimum atomic E-state index is -1.96. The first-order valence-corrected chi connectivity index (χ1v) is 22.6. The summed E-state index contributed by atoms with van der Waals surface area (Å²) in [6, 6.07) is 9.45. The van der Waals surface area contributed by atoms with Gasteiger partial charge in [0.1, 0.15) is 30.0 Å². The van der Waals surface area contributed by atoms with Crippen molar-refractivity contribution in [1.82, 2.24) is 4.90 Å². The highest BCUT2D eigenvalue weighted by Gasteiger charge is 2.54. The Hall–Kier alpha value is -2.77. The summed E-state index contributed by atoms with van der Waals surface area (Å²) in [4.78, 5) is 34.5. The number of methoxy groups -OCH3 is 1. The highest BCUT2D eigenvalue weighted by atomic mass is 16.7. The number of rotatable bonds is 12. The molecule has 16 heteroatoms. The molecular weight excluding hydrogens is 817 g/mol. The van der Waals surface area contributed by atoms with Crippen LogP contribution in [0.15, 0.2) is 35.5 Å². The topological polar surface area (TPSA) is 204 Å². The van der Waals surface area contributed by atoms with Crippen molar-refractivity contribution >= 4 is 17.7 Å². The monoisotopic (exact) mass is 895 g/mol. The highest BCUT2D eigenvalue weighted by molar-refractivity contribution is 5.88. The van der Waals surface area contributed by atoms with E-state index in [-0.39, 0.29) is 38.0 Å². The van der Waals surface area contributed by atoms with Crippen molar-refractivity contribution in [3.63, 3.8) is 0 Å². The maximum atomic E-state index is 14.5. The molecule has 18 atom stereocenters. The zero-order chi connectivity index (χ0) is 47.2. The third-order valence-electron chi connectivity index (χ3n) is 13.6. The van der Waals surface area contributed by atoms with Gasteiger partial charge in [0.25, 0.3) is 0 Å². The maximum absolute atomic E-state index is 14.5. The molecule has 0 bridgehead atoms. The van der Waals surface area contributed by atoms with E-state index < -0.39 is 108 Å². The van der Waals surface area contributed by atoms with Gasteiger partial charge in [0.15, 0.2) is 18.7 Å². The van der Waals surface area contributed by atoms with E-state index in [0.29, 0.717) is 18.6 Å². The lowest BCUT2D eigenvalue weighted by atomic mass is 9.73. The van der Waals surface area contributed by atoms with E-state index in [1.165, 1.54) is 21.0 Å². The van der Waals surface area contributed by atoms with Crippen LogP contribution in [0.3, 0.4) is 0 Å². The van der Waals surface area contributed by atoms with E-state index in [1.54, 1.807) is 48.5 Å². The second kappa shape index (κ2) is 22.1. The number of benzene rings is 1. The molecule has 16 nitrogen and oxygen atoms in total. The molecule has 1 unspecified atom stereocenters. The van der Waals surface area contributed by atoms with Crippen molar-refractivity contribution in [3.05, 3.63) is 35.9 Å². The van der Waals surface area contributed by atoms with Crippen molar-refractivity contribution < 1.29 is 68.0 Å². The Bertz CT molecular complexity index is 1640. The Balaban J connectivity index is 1.85. The molecular formula is C47H78N2O14. The van der Waals surface area contributed by atoms with Crippen LogP contribution in [-0.2, 0) is 54.0 Å². The number of carbonyl (C=O) groups excluding carboxylic acids is 2. The summed E-state index contributed by atoms with van der Waals surface area (Å²) in [6.07, 6.45) is -8.77. The Morgan fingerprint density at radius 3 is 2.17 bits per heavy atom. The van der Waals surface area contributed by atoms with Crippen molar-refractivity contribution in [2.45, 2.75) is 193 Å². The zero-order valence-corrected chi connectivity index (χ0v) is 40.1. The molecule has 3 aliphatic heterocycles. The van der Waals surface area contributed by atoms with Crippen LogP contribution in [0, 0.1) is 23.7 Å². The van der Waals surface area contributed by atoms with E-state index in [2.05, 4.69) is 5.16 Å². The average Bonchev–Trinajstić information content (AvgIpc) is 3.21. The average molecular weight is 895 g/mol. The summed E-state index contributed by atoms with van der Waals surface area (Å²) < 4.78 is 44.0. The first-order chi connectivity index (χ1) is 29.4. The molecule has 0 saturated carbocycles. The normalized spacial score (nSPS) is 42.9. The summed E-state index contributed by atoms with van der Waals surface area (Å²) in [5.74, 6) is -4.62. The van der Waals surface area contributed by atoms with Crippen LogP contribution in [0.1, 0.15) is 107 Å². The third kappa shape index (κ3) is 12.8. The Labute approximate surface area is 374 Å². The van der Waals surface area contributed by atoms with Gasteiger partial charge >= 0.3 is 11.9 Å². The predicted molar refractivity (Wildman–Crippen MR) is 234 cm³/mol. The van der Waals surface area contributed by atoms with Crippen LogP contribution in [-0.4, -0.2) is 155 Å². The van der Waals surface area contributed by atoms with Gasteiger partial charge < -0.3 is 63.3 Å². The van der Waals surface area contributed by atoms with Gasteiger partial charge in [-0.3, -0.25) is 9.59 Å². The summed E-state index contributed by atoms with van der Waals surface area (Å²) in [7, 11) is 5.24. The summed E-state index contributed by atoms with van der Waals surface area (Å²) in [5, 5.41) is 53.3. The number of nitrogens with zero attached hydrogens (tertiary/aromatic N) is 2. The molecule has 0 radical (unpaired) electrons. The number of carbonyl (C=O) groups is 2. The summed E-state index contributed by atoms with van der Waals surface area (Å²) in [5.41, 5.74) is -3.38. The Morgan fingerprint density at radius 1 is 0.937 bits per heavy atom. The number of likely N-dealkylation sites (N-methyl/N-ethyl adjacent to an activating group) is 1. The lowest BCUT2D eigenvalue weighted by Gasteiger charge is -2.49. The molecule has 3 heterocycles. The van der Waals surface area contributed by atoms with Crippen LogP contribution >= 0.6 is 0 Å². The first-order valence-electron chi connectivity index (χ1n) is 22.6.